The van der Waals surface area contributed by atoms with Crippen molar-refractivity contribution in [3.8, 4) is 0 Å². The van der Waals surface area contributed by atoms with Crippen LogP contribution in [0.5, 0.6) is 0 Å². The number of aryl methyl sites for hydroxylation is 1. The number of benzene rings is 1. The summed E-state index contributed by atoms with van der Waals surface area (Å²) >= 11 is 0. The summed E-state index contributed by atoms with van der Waals surface area (Å²) in [5.41, 5.74) is 2.05. The number of amides is 2. The van der Waals surface area contributed by atoms with Gasteiger partial charge in [-0.15, -0.1) is 0 Å². The molecule has 1 aromatic carbocycles. The standard InChI is InChI=1S/C23H32FN3O3/c1-15-18(19-11-17(24)8-9-20(19)25-15)12-21(28)27-10-6-7-16(14-27)13-26(5)22(29)30-23(2,3)4/h8-9,11,16,25H,6-7,10,12-14H2,1-5H3. The van der Waals surface area contributed by atoms with Gasteiger partial charge in [0, 0.05) is 43.3 Å². The van der Waals surface area contributed by atoms with Crippen molar-refractivity contribution in [1.29, 1.82) is 0 Å². The van der Waals surface area contributed by atoms with Crippen molar-refractivity contribution in [1.82, 2.24) is 14.8 Å². The quantitative estimate of drug-likeness (QED) is 0.808. The summed E-state index contributed by atoms with van der Waals surface area (Å²) in [5.74, 6) is -0.0620. The van der Waals surface area contributed by atoms with Crippen molar-refractivity contribution >= 4 is 22.9 Å². The second-order valence-corrected chi connectivity index (χ2v) is 9.30. The fourth-order valence-electron chi connectivity index (χ4n) is 4.09. The number of halogens is 1. The highest BCUT2D eigenvalue weighted by atomic mass is 19.1. The predicted octanol–water partition coefficient (Wildman–Crippen LogP) is 4.26. The number of nitrogens with zero attached hydrogens (tertiary/aromatic N) is 2. The zero-order valence-corrected chi connectivity index (χ0v) is 18.5. The van der Waals surface area contributed by atoms with E-state index in [-0.39, 0.29) is 30.2 Å². The van der Waals surface area contributed by atoms with Crippen LogP contribution in [-0.4, -0.2) is 59.1 Å². The molecule has 1 saturated heterocycles. The first kappa shape index (κ1) is 22.1. The van der Waals surface area contributed by atoms with Crippen molar-refractivity contribution < 1.29 is 18.7 Å². The number of hydrogen-bond acceptors (Lipinski definition) is 3. The molecule has 2 heterocycles. The first-order valence-corrected chi connectivity index (χ1v) is 10.5. The minimum absolute atomic E-state index is 0.0351. The minimum atomic E-state index is -0.531. The molecule has 1 N–H and O–H groups in total. The molecule has 0 spiro atoms. The molecule has 0 radical (unpaired) electrons. The summed E-state index contributed by atoms with van der Waals surface area (Å²) in [6.07, 6.45) is 1.76. The number of hydrogen-bond donors (Lipinski definition) is 1. The van der Waals surface area contributed by atoms with Crippen LogP contribution in [0.25, 0.3) is 10.9 Å². The van der Waals surface area contributed by atoms with Gasteiger partial charge in [0.25, 0.3) is 0 Å². The van der Waals surface area contributed by atoms with Crippen LogP contribution < -0.4 is 0 Å². The van der Waals surface area contributed by atoms with E-state index in [9.17, 15) is 14.0 Å². The molecule has 6 nitrogen and oxygen atoms in total. The average Bonchev–Trinajstić information content (AvgIpc) is 2.95. The van der Waals surface area contributed by atoms with Gasteiger partial charge in [-0.2, -0.15) is 0 Å². The molecule has 164 valence electrons. The van der Waals surface area contributed by atoms with Crippen molar-refractivity contribution in [3.05, 3.63) is 35.3 Å². The van der Waals surface area contributed by atoms with Gasteiger partial charge in [0.05, 0.1) is 6.42 Å². The molecule has 30 heavy (non-hydrogen) atoms. The Labute approximate surface area is 177 Å². The van der Waals surface area contributed by atoms with E-state index in [1.165, 1.54) is 12.1 Å². The van der Waals surface area contributed by atoms with Crippen LogP contribution in [0.15, 0.2) is 18.2 Å². The van der Waals surface area contributed by atoms with Crippen molar-refractivity contribution in [2.24, 2.45) is 5.92 Å². The van der Waals surface area contributed by atoms with E-state index in [0.29, 0.717) is 19.6 Å². The number of aromatic amines is 1. The molecule has 2 aromatic rings. The first-order chi connectivity index (χ1) is 14.0. The average molecular weight is 418 g/mol. The number of H-pyrrole nitrogens is 1. The Morgan fingerprint density at radius 1 is 1.33 bits per heavy atom. The molecule has 0 saturated carbocycles. The van der Waals surface area contributed by atoms with Crippen LogP contribution in [0, 0.1) is 18.7 Å². The summed E-state index contributed by atoms with van der Waals surface area (Å²) in [6, 6.07) is 4.60. The van der Waals surface area contributed by atoms with Gasteiger partial charge in [0.2, 0.25) is 5.91 Å². The van der Waals surface area contributed by atoms with Crippen LogP contribution in [0.4, 0.5) is 9.18 Å². The first-order valence-electron chi connectivity index (χ1n) is 10.5. The molecule has 2 amide bonds. The van der Waals surface area contributed by atoms with Gasteiger partial charge in [-0.1, -0.05) is 0 Å². The van der Waals surface area contributed by atoms with E-state index in [1.807, 2.05) is 32.6 Å². The third kappa shape index (κ3) is 5.32. The lowest BCUT2D eigenvalue weighted by atomic mass is 9.96. The number of carbonyl (C=O) groups is 2. The second-order valence-electron chi connectivity index (χ2n) is 9.30. The molecular weight excluding hydrogens is 385 g/mol. The van der Waals surface area contributed by atoms with Gasteiger partial charge >= 0.3 is 6.09 Å². The third-order valence-corrected chi connectivity index (χ3v) is 5.52. The Bertz CT molecular complexity index is 932. The normalized spacial score (nSPS) is 17.3. The van der Waals surface area contributed by atoms with Crippen molar-refractivity contribution in [3.63, 3.8) is 0 Å². The van der Waals surface area contributed by atoms with Gasteiger partial charge in [-0.3, -0.25) is 4.79 Å². The lowest BCUT2D eigenvalue weighted by Gasteiger charge is -2.35. The van der Waals surface area contributed by atoms with Crippen LogP contribution >= 0.6 is 0 Å². The third-order valence-electron chi connectivity index (χ3n) is 5.52. The molecule has 1 atom stereocenters. The Kier molecular flexibility index (Phi) is 6.38. The number of aromatic nitrogens is 1. The second kappa shape index (κ2) is 8.66. The number of ether oxygens (including phenoxy) is 1. The SMILES string of the molecule is Cc1[nH]c2ccc(F)cc2c1CC(=O)N1CCCC(CN(C)C(=O)OC(C)(C)C)C1. The maximum absolute atomic E-state index is 13.7. The minimum Gasteiger partial charge on any atom is -0.444 e. The molecule has 1 aliphatic heterocycles. The molecule has 0 aliphatic carbocycles. The highest BCUT2D eigenvalue weighted by Crippen LogP contribution is 2.25. The molecule has 1 aliphatic rings. The lowest BCUT2D eigenvalue weighted by molar-refractivity contribution is -0.132. The van der Waals surface area contributed by atoms with Crippen LogP contribution in [0.2, 0.25) is 0 Å². The maximum Gasteiger partial charge on any atom is 0.410 e. The molecular formula is C23H32FN3O3. The topological polar surface area (TPSA) is 65.6 Å². The monoisotopic (exact) mass is 417 g/mol. The summed E-state index contributed by atoms with van der Waals surface area (Å²) in [4.78, 5) is 31.9. The summed E-state index contributed by atoms with van der Waals surface area (Å²) in [7, 11) is 1.73. The molecule has 0 bridgehead atoms. The van der Waals surface area contributed by atoms with E-state index >= 15 is 0 Å². The number of carbonyl (C=O) groups excluding carboxylic acids is 2. The highest BCUT2D eigenvalue weighted by Gasteiger charge is 2.28. The summed E-state index contributed by atoms with van der Waals surface area (Å²) < 4.78 is 19.1. The lowest BCUT2D eigenvalue weighted by Crippen LogP contribution is -2.45. The highest BCUT2D eigenvalue weighted by molar-refractivity contribution is 5.90. The fraction of sp³-hybridized carbons (Fsp3) is 0.565. The Hall–Kier alpha value is -2.57. The number of fused-ring (bicyclic) bond motifs is 1. The Balaban J connectivity index is 1.63. The van der Waals surface area contributed by atoms with Crippen LogP contribution in [-0.2, 0) is 16.0 Å². The van der Waals surface area contributed by atoms with Gasteiger partial charge in [-0.25, -0.2) is 9.18 Å². The maximum atomic E-state index is 13.7. The van der Waals surface area contributed by atoms with Crippen molar-refractivity contribution in [2.45, 2.75) is 52.6 Å². The van der Waals surface area contributed by atoms with Crippen LogP contribution in [0.3, 0.4) is 0 Å². The molecule has 1 unspecified atom stereocenters. The van der Waals surface area contributed by atoms with E-state index in [1.54, 1.807) is 18.0 Å². The van der Waals surface area contributed by atoms with E-state index in [2.05, 4.69) is 4.98 Å². The predicted molar refractivity (Wildman–Crippen MR) is 115 cm³/mol. The Morgan fingerprint density at radius 3 is 2.77 bits per heavy atom. The van der Waals surface area contributed by atoms with E-state index in [4.69, 9.17) is 4.74 Å². The Morgan fingerprint density at radius 2 is 2.07 bits per heavy atom. The fourth-order valence-corrected chi connectivity index (χ4v) is 4.09. The number of rotatable bonds is 4. The number of likely N-dealkylation sites (tertiary alicyclic amines) is 1. The van der Waals surface area contributed by atoms with Gasteiger partial charge in [0.15, 0.2) is 0 Å². The molecule has 1 aromatic heterocycles. The zero-order valence-electron chi connectivity index (χ0n) is 18.5. The van der Waals surface area contributed by atoms with Gasteiger partial charge < -0.3 is 19.5 Å². The molecule has 7 heteroatoms. The number of piperidine rings is 1. The van der Waals surface area contributed by atoms with Gasteiger partial charge in [-0.05, 0) is 70.2 Å². The smallest absolute Gasteiger partial charge is 0.410 e. The molecule has 3 rings (SSSR count). The summed E-state index contributed by atoms with van der Waals surface area (Å²) in [6.45, 7) is 9.32. The molecule has 1 fully saturated rings. The van der Waals surface area contributed by atoms with Crippen molar-refractivity contribution in [2.75, 3.05) is 26.7 Å². The summed E-state index contributed by atoms with van der Waals surface area (Å²) in [5, 5.41) is 0.763. The van der Waals surface area contributed by atoms with E-state index < -0.39 is 5.60 Å². The number of nitrogens with one attached hydrogen (secondary N) is 1. The van der Waals surface area contributed by atoms with E-state index in [0.717, 1.165) is 35.0 Å². The van der Waals surface area contributed by atoms with Crippen LogP contribution in [0.1, 0.15) is 44.9 Å². The zero-order chi connectivity index (χ0) is 22.1. The van der Waals surface area contributed by atoms with Gasteiger partial charge in [0.1, 0.15) is 11.4 Å². The largest absolute Gasteiger partial charge is 0.444 e.